The van der Waals surface area contributed by atoms with Crippen molar-refractivity contribution >= 4 is 29.3 Å². The van der Waals surface area contributed by atoms with Gasteiger partial charge in [0.25, 0.3) is 5.91 Å². The molecule has 0 fully saturated rings. The van der Waals surface area contributed by atoms with Crippen LogP contribution in [0, 0.1) is 13.8 Å². The first-order chi connectivity index (χ1) is 18.8. The first-order valence-electron chi connectivity index (χ1n) is 13.2. The van der Waals surface area contributed by atoms with E-state index in [9.17, 15) is 9.59 Å². The quantitative estimate of drug-likeness (QED) is 0.329. The zero-order valence-corrected chi connectivity index (χ0v) is 23.6. The van der Waals surface area contributed by atoms with Crippen LogP contribution in [0.4, 0.5) is 5.82 Å². The number of amides is 1. The average molecular weight is 540 g/mol. The molecule has 1 atom stereocenters. The fourth-order valence-electron chi connectivity index (χ4n) is 5.29. The molecule has 2 aromatic carbocycles. The highest BCUT2D eigenvalue weighted by Crippen LogP contribution is 2.44. The van der Waals surface area contributed by atoms with Crippen molar-refractivity contribution in [3.05, 3.63) is 106 Å². The number of carbonyl (C=O) groups is 2. The number of thioether (sulfide) groups is 1. The molecule has 1 aromatic heterocycles. The third-order valence-electron chi connectivity index (χ3n) is 7.23. The number of nitrogens with zero attached hydrogens (tertiary/aromatic N) is 1. The number of hydrogen-bond donors (Lipinski definition) is 2. The van der Waals surface area contributed by atoms with Gasteiger partial charge >= 0.3 is 0 Å². The zero-order valence-electron chi connectivity index (χ0n) is 22.8. The van der Waals surface area contributed by atoms with Crippen molar-refractivity contribution in [3.63, 3.8) is 0 Å². The lowest BCUT2D eigenvalue weighted by atomic mass is 9.74. The van der Waals surface area contributed by atoms with E-state index < -0.39 is 5.92 Å². The van der Waals surface area contributed by atoms with Gasteiger partial charge in [0.1, 0.15) is 11.6 Å². The Kier molecular flexibility index (Phi) is 7.89. The maximum atomic E-state index is 13.8. The Hall–Kier alpha value is -3.84. The van der Waals surface area contributed by atoms with Crippen LogP contribution >= 0.6 is 11.8 Å². The minimum atomic E-state index is -0.479. The molecular formula is C32H33N3O3S. The van der Waals surface area contributed by atoms with Crippen LogP contribution < -0.4 is 15.4 Å². The molecule has 1 aliphatic heterocycles. The van der Waals surface area contributed by atoms with Crippen LogP contribution in [-0.4, -0.2) is 23.8 Å². The number of ether oxygens (including phenoxy) is 1. The number of allylic oxidation sites excluding steroid dienone is 3. The van der Waals surface area contributed by atoms with Crippen LogP contribution in [0.5, 0.6) is 5.75 Å². The molecule has 0 spiro atoms. The average Bonchev–Trinajstić information content (AvgIpc) is 2.92. The van der Waals surface area contributed by atoms with Gasteiger partial charge in [-0.15, -0.1) is 11.8 Å². The summed E-state index contributed by atoms with van der Waals surface area (Å²) in [5, 5.41) is 6.36. The number of carbonyl (C=O) groups excluding carboxylic acids is 2. The number of nitrogens with one attached hydrogen (secondary N) is 2. The van der Waals surface area contributed by atoms with E-state index in [1.54, 1.807) is 25.1 Å². The van der Waals surface area contributed by atoms with Crippen LogP contribution in [0.1, 0.15) is 54.4 Å². The van der Waals surface area contributed by atoms with E-state index in [0.717, 1.165) is 46.7 Å². The van der Waals surface area contributed by atoms with Gasteiger partial charge in [-0.05, 0) is 75.1 Å². The van der Waals surface area contributed by atoms with Crippen molar-refractivity contribution in [2.45, 2.75) is 56.6 Å². The number of methoxy groups -OCH3 is 1. The molecule has 0 bridgehead atoms. The predicted molar refractivity (Wildman–Crippen MR) is 156 cm³/mol. The van der Waals surface area contributed by atoms with Crippen molar-refractivity contribution in [1.82, 2.24) is 10.3 Å². The third kappa shape index (κ3) is 5.78. The van der Waals surface area contributed by atoms with Gasteiger partial charge < -0.3 is 15.4 Å². The van der Waals surface area contributed by atoms with Gasteiger partial charge in [-0.25, -0.2) is 4.98 Å². The van der Waals surface area contributed by atoms with Gasteiger partial charge in [-0.1, -0.05) is 29.8 Å². The Bertz CT molecular complexity index is 1490. The largest absolute Gasteiger partial charge is 0.496 e. The number of pyridine rings is 1. The Balaban J connectivity index is 1.54. The second kappa shape index (κ2) is 11.5. The molecule has 2 N–H and O–H groups in total. The molecule has 2 heterocycles. The number of aromatic nitrogens is 1. The van der Waals surface area contributed by atoms with E-state index in [2.05, 4.69) is 52.9 Å². The lowest BCUT2D eigenvalue weighted by molar-refractivity contribution is -0.116. The fraction of sp³-hybridized carbons (Fsp3) is 0.281. The van der Waals surface area contributed by atoms with Crippen molar-refractivity contribution < 1.29 is 14.3 Å². The van der Waals surface area contributed by atoms with Crippen LogP contribution in [0.15, 0.2) is 88.2 Å². The summed E-state index contributed by atoms with van der Waals surface area (Å²) in [6.45, 7) is 5.94. The topological polar surface area (TPSA) is 80.3 Å². The van der Waals surface area contributed by atoms with Crippen LogP contribution in [0.3, 0.4) is 0 Å². The monoisotopic (exact) mass is 539 g/mol. The zero-order chi connectivity index (χ0) is 27.5. The van der Waals surface area contributed by atoms with Crippen molar-refractivity contribution in [1.29, 1.82) is 0 Å². The predicted octanol–water partition coefficient (Wildman–Crippen LogP) is 6.61. The number of Topliss-reactive ketones (excluding diaryl/α,β-unsaturated/α-hetero) is 1. The fourth-order valence-corrected chi connectivity index (χ4v) is 6.17. The molecule has 0 saturated carbocycles. The van der Waals surface area contributed by atoms with E-state index >= 15 is 0 Å². The Morgan fingerprint density at radius 1 is 1.05 bits per heavy atom. The summed E-state index contributed by atoms with van der Waals surface area (Å²) in [5.74, 6) is 1.31. The summed E-state index contributed by atoms with van der Waals surface area (Å²) in [5.41, 5.74) is 7.05. The molecule has 6 nitrogen and oxygen atoms in total. The first-order valence-corrected chi connectivity index (χ1v) is 14.2. The summed E-state index contributed by atoms with van der Waals surface area (Å²) in [6.07, 6.45) is 3.75. The Morgan fingerprint density at radius 2 is 1.85 bits per heavy atom. The number of dihydropyridines is 1. The minimum Gasteiger partial charge on any atom is -0.496 e. The second-order valence-corrected chi connectivity index (χ2v) is 11.2. The maximum absolute atomic E-state index is 13.8. The molecule has 2 aliphatic rings. The van der Waals surface area contributed by atoms with E-state index in [1.165, 1.54) is 10.5 Å². The standard InChI is InChI=1S/C32H33N3O3S/c1-19-8-11-24(12-9-19)39-18-23-17-22(10-13-27(23)38-4)30-29(32(37)35-28-16-20(2)14-15-33-28)21(3)34-25-6-5-7-26(36)31(25)30/h8-17,30,34H,5-7,18H2,1-4H3,(H,33,35,37)/t30-/m1/s1. The van der Waals surface area contributed by atoms with Crippen LogP contribution in [-0.2, 0) is 15.3 Å². The highest BCUT2D eigenvalue weighted by atomic mass is 32.2. The Morgan fingerprint density at radius 3 is 2.59 bits per heavy atom. The van der Waals surface area contributed by atoms with Gasteiger partial charge in [0.05, 0.1) is 7.11 Å². The third-order valence-corrected chi connectivity index (χ3v) is 8.29. The number of ketones is 1. The molecule has 0 unspecified atom stereocenters. The highest BCUT2D eigenvalue weighted by Gasteiger charge is 2.38. The SMILES string of the molecule is COc1ccc([C@@H]2C(C(=O)Nc3cc(C)ccn3)=C(C)NC3=C2C(=O)CCC3)cc1CSc1ccc(C)cc1. The molecule has 200 valence electrons. The summed E-state index contributed by atoms with van der Waals surface area (Å²) < 4.78 is 5.70. The number of benzene rings is 2. The smallest absolute Gasteiger partial charge is 0.255 e. The van der Waals surface area contributed by atoms with Crippen LogP contribution in [0.2, 0.25) is 0 Å². The summed E-state index contributed by atoms with van der Waals surface area (Å²) >= 11 is 1.73. The van der Waals surface area contributed by atoms with Crippen molar-refractivity contribution in [2.24, 2.45) is 0 Å². The van der Waals surface area contributed by atoms with Crippen molar-refractivity contribution in [3.8, 4) is 5.75 Å². The van der Waals surface area contributed by atoms with Gasteiger partial charge in [-0.2, -0.15) is 0 Å². The Labute approximate surface area is 234 Å². The summed E-state index contributed by atoms with van der Waals surface area (Å²) in [6, 6.07) is 18.2. The first kappa shape index (κ1) is 26.8. The molecule has 7 heteroatoms. The minimum absolute atomic E-state index is 0.0895. The number of anilines is 1. The van der Waals surface area contributed by atoms with E-state index in [0.29, 0.717) is 29.1 Å². The molecule has 0 saturated heterocycles. The molecule has 0 radical (unpaired) electrons. The van der Waals surface area contributed by atoms with E-state index in [-0.39, 0.29) is 11.7 Å². The summed E-state index contributed by atoms with van der Waals surface area (Å²) in [7, 11) is 1.67. The molecule has 5 rings (SSSR count). The van der Waals surface area contributed by atoms with E-state index in [1.807, 2.05) is 38.1 Å². The highest BCUT2D eigenvalue weighted by molar-refractivity contribution is 7.98. The second-order valence-electron chi connectivity index (χ2n) is 10.1. The van der Waals surface area contributed by atoms with Crippen molar-refractivity contribution in [2.75, 3.05) is 12.4 Å². The lowest BCUT2D eigenvalue weighted by Gasteiger charge is -2.34. The number of rotatable bonds is 7. The number of aryl methyl sites for hydroxylation is 2. The molecule has 1 aliphatic carbocycles. The number of hydrogen-bond acceptors (Lipinski definition) is 6. The molecule has 1 amide bonds. The van der Waals surface area contributed by atoms with Gasteiger partial charge in [0.15, 0.2) is 5.78 Å². The van der Waals surface area contributed by atoms with Gasteiger partial charge in [0, 0.05) is 57.3 Å². The molecular weight excluding hydrogens is 506 g/mol. The molecule has 3 aromatic rings. The van der Waals surface area contributed by atoms with Crippen LogP contribution in [0.25, 0.3) is 0 Å². The summed E-state index contributed by atoms with van der Waals surface area (Å²) in [4.78, 5) is 32.6. The van der Waals surface area contributed by atoms with Gasteiger partial charge in [-0.3, -0.25) is 9.59 Å². The van der Waals surface area contributed by atoms with Gasteiger partial charge in [0.2, 0.25) is 0 Å². The maximum Gasteiger partial charge on any atom is 0.255 e. The van der Waals surface area contributed by atoms with E-state index in [4.69, 9.17) is 4.74 Å². The molecule has 39 heavy (non-hydrogen) atoms. The lowest BCUT2D eigenvalue weighted by Crippen LogP contribution is -2.35. The normalized spacial score (nSPS) is 17.0.